The molecule has 2 aromatic carbocycles. The summed E-state index contributed by atoms with van der Waals surface area (Å²) in [4.78, 5) is 15.3. The van der Waals surface area contributed by atoms with Gasteiger partial charge in [-0.3, -0.25) is 9.69 Å². The minimum atomic E-state index is -0.150. The average Bonchev–Trinajstić information content (AvgIpc) is 3.08. The zero-order chi connectivity index (χ0) is 21.1. The van der Waals surface area contributed by atoms with Crippen LogP contribution < -0.4 is 5.32 Å². The van der Waals surface area contributed by atoms with Crippen LogP contribution in [0.4, 0.5) is 5.69 Å². The summed E-state index contributed by atoms with van der Waals surface area (Å²) in [5, 5.41) is 17.1. The van der Waals surface area contributed by atoms with Crippen molar-refractivity contribution in [3.8, 4) is 11.4 Å². The highest BCUT2D eigenvalue weighted by Gasteiger charge is 2.28. The average molecular weight is 405 g/mol. The monoisotopic (exact) mass is 404 g/mol. The molecule has 0 unspecified atom stereocenters. The van der Waals surface area contributed by atoms with Crippen LogP contribution >= 0.6 is 0 Å². The van der Waals surface area contributed by atoms with Gasteiger partial charge >= 0.3 is 0 Å². The SMILES string of the molecule is Cc1cc(C)n(-c2ccc(NC(=O)[C@H]3CCCCN3Cc3ccc(O)cc3)cc2)n1. The highest BCUT2D eigenvalue weighted by Crippen LogP contribution is 2.23. The topological polar surface area (TPSA) is 70.4 Å². The number of amides is 1. The Morgan fingerprint density at radius 3 is 2.50 bits per heavy atom. The fraction of sp³-hybridized carbons (Fsp3) is 0.333. The molecular weight excluding hydrogens is 376 g/mol. The molecule has 1 saturated heterocycles. The Labute approximate surface area is 177 Å². The number of benzene rings is 2. The van der Waals surface area contributed by atoms with Crippen LogP contribution in [0.3, 0.4) is 0 Å². The van der Waals surface area contributed by atoms with Gasteiger partial charge in [-0.15, -0.1) is 0 Å². The molecule has 1 atom stereocenters. The molecule has 0 spiro atoms. The molecule has 4 rings (SSSR count). The molecule has 2 heterocycles. The lowest BCUT2D eigenvalue weighted by Gasteiger charge is -2.34. The Bertz CT molecular complexity index is 1010. The summed E-state index contributed by atoms with van der Waals surface area (Å²) in [6.45, 7) is 5.61. The lowest BCUT2D eigenvalue weighted by atomic mass is 10.00. The van der Waals surface area contributed by atoms with Crippen LogP contribution in [0.15, 0.2) is 54.6 Å². The Kier molecular flexibility index (Phi) is 5.86. The third kappa shape index (κ3) is 4.54. The molecule has 1 aliphatic heterocycles. The molecule has 2 N–H and O–H groups in total. The van der Waals surface area contributed by atoms with Gasteiger partial charge < -0.3 is 10.4 Å². The number of aromatic nitrogens is 2. The second kappa shape index (κ2) is 8.71. The van der Waals surface area contributed by atoms with Gasteiger partial charge in [0.05, 0.1) is 17.4 Å². The van der Waals surface area contributed by atoms with E-state index < -0.39 is 0 Å². The van der Waals surface area contributed by atoms with E-state index in [1.165, 1.54) is 0 Å². The first-order valence-electron chi connectivity index (χ1n) is 10.5. The highest BCUT2D eigenvalue weighted by molar-refractivity contribution is 5.95. The first-order chi connectivity index (χ1) is 14.5. The first kappa shape index (κ1) is 20.2. The van der Waals surface area contributed by atoms with Crippen molar-refractivity contribution in [1.82, 2.24) is 14.7 Å². The van der Waals surface area contributed by atoms with Gasteiger partial charge in [0.15, 0.2) is 0 Å². The second-order valence-corrected chi connectivity index (χ2v) is 8.02. The molecule has 0 aliphatic carbocycles. The molecule has 6 heteroatoms. The minimum absolute atomic E-state index is 0.0346. The number of nitrogens with zero attached hydrogens (tertiary/aromatic N) is 3. The van der Waals surface area contributed by atoms with Crippen molar-refractivity contribution in [2.45, 2.75) is 45.7 Å². The van der Waals surface area contributed by atoms with Crippen LogP contribution in [0.25, 0.3) is 5.69 Å². The number of phenolic OH excluding ortho intramolecular Hbond substituents is 1. The number of aryl methyl sites for hydroxylation is 2. The number of nitrogens with one attached hydrogen (secondary N) is 1. The molecule has 0 radical (unpaired) electrons. The number of likely N-dealkylation sites (tertiary alicyclic amines) is 1. The van der Waals surface area contributed by atoms with Gasteiger partial charge in [0.2, 0.25) is 5.91 Å². The lowest BCUT2D eigenvalue weighted by molar-refractivity contribution is -0.122. The number of piperidine rings is 1. The number of carbonyl (C=O) groups excluding carboxylic acids is 1. The summed E-state index contributed by atoms with van der Waals surface area (Å²) in [6, 6.07) is 16.9. The molecule has 30 heavy (non-hydrogen) atoms. The molecule has 1 amide bonds. The smallest absolute Gasteiger partial charge is 0.241 e. The zero-order valence-electron chi connectivity index (χ0n) is 17.5. The van der Waals surface area contributed by atoms with Gasteiger partial charge in [-0.1, -0.05) is 18.6 Å². The number of carbonyl (C=O) groups is 1. The van der Waals surface area contributed by atoms with Crippen LogP contribution in [-0.4, -0.2) is 38.3 Å². The maximum absolute atomic E-state index is 13.0. The number of rotatable bonds is 5. The van der Waals surface area contributed by atoms with E-state index in [0.717, 1.165) is 54.1 Å². The predicted molar refractivity (Wildman–Crippen MR) is 118 cm³/mol. The number of phenols is 1. The van der Waals surface area contributed by atoms with Gasteiger partial charge in [0.25, 0.3) is 0 Å². The van der Waals surface area contributed by atoms with E-state index in [1.807, 2.05) is 61.0 Å². The van der Waals surface area contributed by atoms with Gasteiger partial charge in [-0.2, -0.15) is 5.10 Å². The summed E-state index contributed by atoms with van der Waals surface area (Å²) < 4.78 is 1.90. The van der Waals surface area contributed by atoms with Crippen molar-refractivity contribution in [2.24, 2.45) is 0 Å². The van der Waals surface area contributed by atoms with Crippen molar-refractivity contribution < 1.29 is 9.90 Å². The van der Waals surface area contributed by atoms with Crippen LogP contribution in [0.2, 0.25) is 0 Å². The Morgan fingerprint density at radius 1 is 1.10 bits per heavy atom. The Morgan fingerprint density at radius 2 is 1.83 bits per heavy atom. The molecule has 1 fully saturated rings. The molecule has 0 bridgehead atoms. The highest BCUT2D eigenvalue weighted by atomic mass is 16.3. The maximum atomic E-state index is 13.0. The summed E-state index contributed by atoms with van der Waals surface area (Å²) in [6.07, 6.45) is 3.01. The quantitative estimate of drug-likeness (QED) is 0.669. The van der Waals surface area contributed by atoms with E-state index in [0.29, 0.717) is 6.54 Å². The maximum Gasteiger partial charge on any atom is 0.241 e. The molecule has 3 aromatic rings. The van der Waals surface area contributed by atoms with Crippen LogP contribution in [-0.2, 0) is 11.3 Å². The van der Waals surface area contributed by atoms with E-state index in [1.54, 1.807) is 12.1 Å². The number of hydrogen-bond donors (Lipinski definition) is 2. The predicted octanol–water partition coefficient (Wildman–Crippen LogP) is 4.19. The molecular formula is C24H28N4O2. The van der Waals surface area contributed by atoms with Crippen LogP contribution in [0.1, 0.15) is 36.2 Å². The Hall–Kier alpha value is -3.12. The lowest BCUT2D eigenvalue weighted by Crippen LogP contribution is -2.46. The summed E-state index contributed by atoms with van der Waals surface area (Å²) in [5.41, 5.74) is 4.93. The number of hydrogen-bond acceptors (Lipinski definition) is 4. The van der Waals surface area contributed by atoms with Crippen LogP contribution in [0, 0.1) is 13.8 Å². The fourth-order valence-corrected chi connectivity index (χ4v) is 4.11. The third-order valence-electron chi connectivity index (χ3n) is 5.63. The molecule has 156 valence electrons. The molecule has 6 nitrogen and oxygen atoms in total. The van der Waals surface area contributed by atoms with Crippen LogP contribution in [0.5, 0.6) is 5.75 Å². The van der Waals surface area contributed by atoms with E-state index in [2.05, 4.69) is 15.3 Å². The van der Waals surface area contributed by atoms with Crippen molar-refractivity contribution in [2.75, 3.05) is 11.9 Å². The molecule has 1 aromatic heterocycles. The van der Waals surface area contributed by atoms with E-state index in [-0.39, 0.29) is 17.7 Å². The molecule has 0 saturated carbocycles. The van der Waals surface area contributed by atoms with Crippen molar-refractivity contribution in [3.05, 3.63) is 71.5 Å². The minimum Gasteiger partial charge on any atom is -0.508 e. The number of anilines is 1. The third-order valence-corrected chi connectivity index (χ3v) is 5.63. The van der Waals surface area contributed by atoms with Gasteiger partial charge in [-0.25, -0.2) is 4.68 Å². The summed E-state index contributed by atoms with van der Waals surface area (Å²) in [5.74, 6) is 0.294. The Balaban J connectivity index is 1.43. The fourth-order valence-electron chi connectivity index (χ4n) is 4.11. The summed E-state index contributed by atoms with van der Waals surface area (Å²) >= 11 is 0. The van der Waals surface area contributed by atoms with Crippen molar-refractivity contribution in [1.29, 1.82) is 0 Å². The van der Waals surface area contributed by atoms with E-state index >= 15 is 0 Å². The largest absolute Gasteiger partial charge is 0.508 e. The normalized spacial score (nSPS) is 17.1. The van der Waals surface area contributed by atoms with Gasteiger partial charge in [-0.05, 0) is 81.3 Å². The van der Waals surface area contributed by atoms with Gasteiger partial charge in [0.1, 0.15) is 5.75 Å². The van der Waals surface area contributed by atoms with Crippen molar-refractivity contribution in [3.63, 3.8) is 0 Å². The standard InChI is InChI=1S/C24H28N4O2/c1-17-15-18(2)28(26-17)21-10-8-20(9-11-21)25-24(30)23-5-3-4-14-27(23)16-19-6-12-22(29)13-7-19/h6-13,15,23,29H,3-5,14,16H2,1-2H3,(H,25,30)/t23-/m1/s1. The summed E-state index contributed by atoms with van der Waals surface area (Å²) in [7, 11) is 0. The second-order valence-electron chi connectivity index (χ2n) is 8.02. The first-order valence-corrected chi connectivity index (χ1v) is 10.5. The van der Waals surface area contributed by atoms with E-state index in [9.17, 15) is 9.90 Å². The number of aromatic hydroxyl groups is 1. The zero-order valence-corrected chi connectivity index (χ0v) is 17.5. The van der Waals surface area contributed by atoms with Crippen molar-refractivity contribution >= 4 is 11.6 Å². The van der Waals surface area contributed by atoms with Gasteiger partial charge in [0, 0.05) is 17.9 Å². The van der Waals surface area contributed by atoms with E-state index in [4.69, 9.17) is 0 Å². The molecule has 1 aliphatic rings.